The Morgan fingerprint density at radius 1 is 1.34 bits per heavy atom. The van der Waals surface area contributed by atoms with E-state index in [-0.39, 0.29) is 42.0 Å². The van der Waals surface area contributed by atoms with E-state index in [2.05, 4.69) is 26.1 Å². The predicted octanol–water partition coefficient (Wildman–Crippen LogP) is -0.477. The summed E-state index contributed by atoms with van der Waals surface area (Å²) in [6.45, 7) is 4.22. The van der Waals surface area contributed by atoms with Gasteiger partial charge in [0.05, 0.1) is 6.54 Å². The zero-order chi connectivity index (χ0) is 30.4. The number of thioether (sulfide) groups is 1. The number of carboxylic acids is 1. The first-order valence-electron chi connectivity index (χ1n) is 12.0. The molecule has 41 heavy (non-hydrogen) atoms. The van der Waals surface area contributed by atoms with Crippen molar-refractivity contribution in [3.63, 3.8) is 0 Å². The highest BCUT2D eigenvalue weighted by Gasteiger charge is 2.58. The van der Waals surface area contributed by atoms with Crippen LogP contribution in [0, 0.1) is 5.41 Å². The molecule has 224 valence electrons. The smallest absolute Gasteiger partial charge is 0.407 e. The molecular weight excluding hydrogens is 586 g/mol. The van der Waals surface area contributed by atoms with Crippen LogP contribution in [0.2, 0.25) is 0 Å². The molecule has 0 aliphatic carbocycles. The number of β-lactam (4-membered cyclic amide) rings is 1. The van der Waals surface area contributed by atoms with E-state index in [1.54, 1.807) is 20.8 Å². The molecule has 5 amide bonds. The van der Waals surface area contributed by atoms with Gasteiger partial charge in [-0.2, -0.15) is 0 Å². The van der Waals surface area contributed by atoms with Gasteiger partial charge in [-0.1, -0.05) is 5.16 Å². The lowest BCUT2D eigenvalue weighted by Gasteiger charge is -2.53. The molecule has 0 aromatic carbocycles. The second kappa shape index (κ2) is 13.0. The van der Waals surface area contributed by atoms with Crippen molar-refractivity contribution in [2.75, 3.05) is 37.4 Å². The first-order valence-corrected chi connectivity index (χ1v) is 13.9. The van der Waals surface area contributed by atoms with Gasteiger partial charge in [-0.3, -0.25) is 19.2 Å². The molecule has 0 radical (unpaired) electrons. The monoisotopic (exact) mass is 615 g/mol. The number of primary amides is 1. The predicted molar refractivity (Wildman–Crippen MR) is 144 cm³/mol. The molecule has 17 nitrogen and oxygen atoms in total. The van der Waals surface area contributed by atoms with Crippen LogP contribution in [0.1, 0.15) is 26.5 Å². The number of aliphatic carboxylic acids is 1. The van der Waals surface area contributed by atoms with Gasteiger partial charge in [0, 0.05) is 17.7 Å². The normalized spacial score (nSPS) is 22.0. The Morgan fingerprint density at radius 3 is 2.71 bits per heavy atom. The molecule has 2 fully saturated rings. The average Bonchev–Trinajstić information content (AvgIpc) is 3.34. The average molecular weight is 616 g/mol. The minimum atomic E-state index is -1.56. The van der Waals surface area contributed by atoms with Crippen molar-refractivity contribution >= 4 is 70.3 Å². The highest BCUT2D eigenvalue weighted by Crippen LogP contribution is 2.42. The molecule has 3 heterocycles. The summed E-state index contributed by atoms with van der Waals surface area (Å²) in [5.74, 6) is -2.65. The summed E-state index contributed by atoms with van der Waals surface area (Å²) in [6, 6.07) is -1.01. The van der Waals surface area contributed by atoms with E-state index in [0.717, 1.165) is 23.1 Å². The minimum absolute atomic E-state index is 0.00189. The van der Waals surface area contributed by atoms with Crippen LogP contribution in [0.25, 0.3) is 0 Å². The van der Waals surface area contributed by atoms with Gasteiger partial charge in [0.25, 0.3) is 5.91 Å². The molecule has 0 saturated carbocycles. The van der Waals surface area contributed by atoms with Crippen molar-refractivity contribution < 1.29 is 48.2 Å². The number of hydrogen-bond donors (Lipinski definition) is 5. The van der Waals surface area contributed by atoms with Gasteiger partial charge in [-0.25, -0.2) is 14.6 Å². The van der Waals surface area contributed by atoms with Crippen molar-refractivity contribution in [2.45, 2.75) is 37.8 Å². The second-order valence-corrected chi connectivity index (χ2v) is 11.8. The van der Waals surface area contributed by atoms with Gasteiger partial charge in [-0.05, 0) is 20.8 Å². The van der Waals surface area contributed by atoms with Gasteiger partial charge in [0.15, 0.2) is 10.8 Å². The molecule has 2 unspecified atom stereocenters. The lowest BCUT2D eigenvalue weighted by Crippen LogP contribution is -2.74. The Balaban J connectivity index is 1.66. The number of oxime groups is 1. The Bertz CT molecular complexity index is 1230. The maximum Gasteiger partial charge on any atom is 0.407 e. The van der Waals surface area contributed by atoms with Gasteiger partial charge < -0.3 is 46.0 Å². The van der Waals surface area contributed by atoms with Crippen molar-refractivity contribution in [3.8, 4) is 0 Å². The maximum absolute atomic E-state index is 13.2. The number of nitrogens with two attached hydrogens (primary N) is 1. The summed E-state index contributed by atoms with van der Waals surface area (Å²) in [5, 5.41) is 22.0. The number of nitrogens with one attached hydrogen (secondary N) is 3. The summed E-state index contributed by atoms with van der Waals surface area (Å²) in [4.78, 5) is 82.1. The van der Waals surface area contributed by atoms with Crippen LogP contribution in [-0.2, 0) is 33.5 Å². The van der Waals surface area contributed by atoms with Crippen molar-refractivity contribution in [1.82, 2.24) is 20.5 Å². The number of aromatic nitrogens is 1. The number of hydrogen-bond acceptors (Lipinski definition) is 13. The fourth-order valence-corrected chi connectivity index (χ4v) is 5.83. The van der Waals surface area contributed by atoms with Crippen molar-refractivity contribution in [2.24, 2.45) is 16.3 Å². The molecule has 1 aromatic heterocycles. The zero-order valence-corrected chi connectivity index (χ0v) is 23.8. The Kier molecular flexibility index (Phi) is 9.97. The van der Waals surface area contributed by atoms with Crippen LogP contribution < -0.4 is 21.7 Å². The van der Waals surface area contributed by atoms with Crippen molar-refractivity contribution in [3.05, 3.63) is 11.1 Å². The number of carboxylic acid groups (broad SMARTS) is 1. The number of ether oxygens (including phenoxy) is 2. The highest BCUT2D eigenvalue weighted by atomic mass is 32.2. The summed E-state index contributed by atoms with van der Waals surface area (Å²) in [5.41, 5.74) is 2.46. The van der Waals surface area contributed by atoms with E-state index in [1.165, 1.54) is 10.3 Å². The highest BCUT2D eigenvalue weighted by molar-refractivity contribution is 8.00. The Morgan fingerprint density at radius 2 is 2.07 bits per heavy atom. The molecule has 3 atom stereocenters. The molecule has 2 aliphatic rings. The molecule has 6 N–H and O–H groups in total. The third kappa shape index (κ3) is 7.97. The van der Waals surface area contributed by atoms with E-state index >= 15 is 0 Å². The van der Waals surface area contributed by atoms with Crippen LogP contribution in [-0.4, -0.2) is 106 Å². The molecule has 2 saturated heterocycles. The topological polar surface area (TPSA) is 241 Å². The second-order valence-electron chi connectivity index (χ2n) is 9.81. The van der Waals surface area contributed by atoms with Gasteiger partial charge in [0.2, 0.25) is 12.3 Å². The van der Waals surface area contributed by atoms with E-state index < -0.39 is 59.0 Å². The molecule has 3 rings (SSSR count). The zero-order valence-electron chi connectivity index (χ0n) is 22.2. The number of anilines is 1. The van der Waals surface area contributed by atoms with Crippen LogP contribution >= 0.6 is 23.1 Å². The molecular formula is C22H29N7O10S2. The number of alkyl carbamates (subject to hydrolysis) is 1. The van der Waals surface area contributed by atoms with E-state index in [4.69, 9.17) is 20.0 Å². The fourth-order valence-electron chi connectivity index (χ4n) is 3.65. The van der Waals surface area contributed by atoms with Crippen LogP contribution in [0.3, 0.4) is 0 Å². The molecule has 0 spiro atoms. The van der Waals surface area contributed by atoms with Crippen LogP contribution in [0.4, 0.5) is 14.7 Å². The van der Waals surface area contributed by atoms with Gasteiger partial charge >= 0.3 is 18.2 Å². The van der Waals surface area contributed by atoms with E-state index in [0.29, 0.717) is 6.41 Å². The van der Waals surface area contributed by atoms with Gasteiger partial charge in [0.1, 0.15) is 41.3 Å². The number of thiazole rings is 1. The quantitative estimate of drug-likeness (QED) is 0.0659. The molecule has 2 aliphatic heterocycles. The summed E-state index contributed by atoms with van der Waals surface area (Å²) in [6.07, 6.45) is -1.40. The van der Waals surface area contributed by atoms with Crippen LogP contribution in [0.15, 0.2) is 10.5 Å². The molecule has 19 heteroatoms. The third-order valence-electron chi connectivity index (χ3n) is 5.54. The number of rotatable bonds is 12. The van der Waals surface area contributed by atoms with Crippen molar-refractivity contribution in [1.29, 1.82) is 0 Å². The first kappa shape index (κ1) is 31.4. The minimum Gasteiger partial charge on any atom is -0.481 e. The number of amides is 5. The van der Waals surface area contributed by atoms with Gasteiger partial charge in [-0.15, -0.1) is 23.1 Å². The standard InChI is InChI=1S/C22H29N7O10S2/c1-21(2,3)39-20(36)24-4-5-38-28-12(11-6-40-19(26-11)25-10-30)14(31)27-13-15(32)29-7-22(17(33)34,8-37-18(23)35)9-41-16(13)29/h6,10,13,16H,4-5,7-9H2,1-3H3,(H2,23,35)(H,24,36)(H,27,31)(H,33,34)(H,25,26,30)/t13?,16-,22?/m1/s1. The maximum atomic E-state index is 13.2. The number of nitrogens with zero attached hydrogens (tertiary/aromatic N) is 3. The summed E-state index contributed by atoms with van der Waals surface area (Å²) < 4.78 is 9.83. The van der Waals surface area contributed by atoms with E-state index in [9.17, 15) is 33.9 Å². The SMILES string of the molecule is CC(C)(C)OC(=O)NCCON=C(C(=O)NC1C(=O)N2CC(COC(N)=O)(C(=O)O)CS[C@H]12)c1csc(NC=O)n1. The first-order chi connectivity index (χ1) is 19.3. The fraction of sp³-hybridized carbons (Fsp3) is 0.545. The van der Waals surface area contributed by atoms with Crippen LogP contribution in [0.5, 0.6) is 0 Å². The number of carbonyl (C=O) groups excluding carboxylic acids is 5. The Labute approximate surface area is 241 Å². The number of fused-ring (bicyclic) bond motifs is 1. The molecule has 0 bridgehead atoms. The summed E-state index contributed by atoms with van der Waals surface area (Å²) in [7, 11) is 0. The lowest BCUT2D eigenvalue weighted by atomic mass is 9.88. The molecule has 1 aromatic rings. The summed E-state index contributed by atoms with van der Waals surface area (Å²) >= 11 is 2.11. The lowest BCUT2D eigenvalue weighted by molar-refractivity contribution is -0.160. The Hall–Kier alpha value is -4.13. The third-order valence-corrected chi connectivity index (χ3v) is 7.90. The van der Waals surface area contributed by atoms with E-state index in [1.807, 2.05) is 0 Å². The largest absolute Gasteiger partial charge is 0.481 e. The number of carbonyl (C=O) groups is 6.